The van der Waals surface area contributed by atoms with Crippen LogP contribution in [0.25, 0.3) is 0 Å². The molecule has 1 atom stereocenters. The quantitative estimate of drug-likeness (QED) is 0.725. The van der Waals surface area contributed by atoms with Gasteiger partial charge in [0.2, 0.25) is 0 Å². The van der Waals surface area contributed by atoms with E-state index in [1.165, 1.54) is 0 Å². The lowest BCUT2D eigenvalue weighted by Gasteiger charge is -2.09. The summed E-state index contributed by atoms with van der Waals surface area (Å²) in [5.41, 5.74) is 5.82. The van der Waals surface area contributed by atoms with Gasteiger partial charge in [0.1, 0.15) is 11.5 Å². The second-order valence-corrected chi connectivity index (χ2v) is 4.92. The summed E-state index contributed by atoms with van der Waals surface area (Å²) in [6.45, 7) is 2.83. The molecule has 3 nitrogen and oxygen atoms in total. The van der Waals surface area contributed by atoms with E-state index >= 15 is 0 Å². The fourth-order valence-corrected chi connectivity index (χ4v) is 2.15. The number of rotatable bonds is 8. The van der Waals surface area contributed by atoms with Gasteiger partial charge in [-0.3, -0.25) is 0 Å². The van der Waals surface area contributed by atoms with Crippen LogP contribution in [0.4, 0.5) is 0 Å². The molecule has 0 aliphatic carbocycles. The topological polar surface area (TPSA) is 44.5 Å². The van der Waals surface area contributed by atoms with Crippen LogP contribution in [0, 0.1) is 0 Å². The SMILES string of the molecule is CCC(N)CSCCOc1ccc(OC)cc1. The van der Waals surface area contributed by atoms with Crippen LogP contribution in [-0.2, 0) is 0 Å². The Hall–Kier alpha value is -0.870. The molecule has 0 heterocycles. The largest absolute Gasteiger partial charge is 0.497 e. The molecule has 0 fully saturated rings. The highest BCUT2D eigenvalue weighted by atomic mass is 32.2. The van der Waals surface area contributed by atoms with E-state index in [0.717, 1.165) is 29.4 Å². The highest BCUT2D eigenvalue weighted by Crippen LogP contribution is 2.17. The van der Waals surface area contributed by atoms with Gasteiger partial charge in [0.15, 0.2) is 0 Å². The molecule has 0 aliphatic rings. The van der Waals surface area contributed by atoms with Gasteiger partial charge >= 0.3 is 0 Å². The smallest absolute Gasteiger partial charge is 0.119 e. The Morgan fingerprint density at radius 2 is 1.88 bits per heavy atom. The molecular formula is C13H21NO2S. The molecule has 1 rings (SSSR count). The van der Waals surface area contributed by atoms with Gasteiger partial charge in [-0.15, -0.1) is 0 Å². The van der Waals surface area contributed by atoms with E-state index in [0.29, 0.717) is 12.6 Å². The number of nitrogens with two attached hydrogens (primary N) is 1. The number of benzene rings is 1. The zero-order chi connectivity index (χ0) is 12.5. The standard InChI is InChI=1S/C13H21NO2S/c1-3-11(14)10-17-9-8-16-13-6-4-12(15-2)5-7-13/h4-7,11H,3,8-10,14H2,1-2H3. The number of ether oxygens (including phenoxy) is 2. The van der Waals surface area contributed by atoms with Crippen LogP contribution < -0.4 is 15.2 Å². The molecule has 96 valence electrons. The zero-order valence-electron chi connectivity index (χ0n) is 10.5. The fourth-order valence-electron chi connectivity index (χ4n) is 1.24. The molecular weight excluding hydrogens is 234 g/mol. The van der Waals surface area contributed by atoms with E-state index in [-0.39, 0.29) is 0 Å². The first-order valence-corrected chi connectivity index (χ1v) is 7.02. The van der Waals surface area contributed by atoms with Crippen molar-refractivity contribution in [2.75, 3.05) is 25.2 Å². The molecule has 0 amide bonds. The van der Waals surface area contributed by atoms with Crippen LogP contribution in [0.2, 0.25) is 0 Å². The van der Waals surface area contributed by atoms with E-state index in [1.54, 1.807) is 7.11 Å². The van der Waals surface area contributed by atoms with Gasteiger partial charge in [-0.25, -0.2) is 0 Å². The third kappa shape index (κ3) is 5.84. The zero-order valence-corrected chi connectivity index (χ0v) is 11.3. The molecule has 1 aromatic carbocycles. The van der Waals surface area contributed by atoms with Crippen molar-refractivity contribution in [3.63, 3.8) is 0 Å². The first-order chi connectivity index (χ1) is 8.26. The van der Waals surface area contributed by atoms with Crippen LogP contribution in [-0.4, -0.2) is 31.3 Å². The van der Waals surface area contributed by atoms with E-state index in [9.17, 15) is 0 Å². The predicted octanol–water partition coefficient (Wildman–Crippen LogP) is 2.54. The molecule has 0 saturated carbocycles. The van der Waals surface area contributed by atoms with Crippen LogP contribution >= 0.6 is 11.8 Å². The molecule has 0 saturated heterocycles. The van der Waals surface area contributed by atoms with Crippen molar-refractivity contribution in [3.8, 4) is 11.5 Å². The minimum absolute atomic E-state index is 0.306. The molecule has 0 bridgehead atoms. The predicted molar refractivity (Wildman–Crippen MR) is 74.1 cm³/mol. The number of hydrogen-bond donors (Lipinski definition) is 1. The Labute approximate surface area is 108 Å². The average Bonchev–Trinajstić information content (AvgIpc) is 2.38. The summed E-state index contributed by atoms with van der Waals surface area (Å²) in [6.07, 6.45) is 1.03. The maximum atomic E-state index is 5.82. The van der Waals surface area contributed by atoms with Gasteiger partial charge in [0.25, 0.3) is 0 Å². The van der Waals surface area contributed by atoms with Crippen molar-refractivity contribution >= 4 is 11.8 Å². The Kier molecular flexibility index (Phi) is 6.89. The molecule has 1 aromatic rings. The van der Waals surface area contributed by atoms with Gasteiger partial charge in [0.05, 0.1) is 13.7 Å². The Balaban J connectivity index is 2.13. The van der Waals surface area contributed by atoms with Crippen LogP contribution in [0.3, 0.4) is 0 Å². The molecule has 0 spiro atoms. The van der Waals surface area contributed by atoms with E-state index in [4.69, 9.17) is 15.2 Å². The maximum Gasteiger partial charge on any atom is 0.119 e. The summed E-state index contributed by atoms with van der Waals surface area (Å²) in [5, 5.41) is 0. The number of hydrogen-bond acceptors (Lipinski definition) is 4. The van der Waals surface area contributed by atoms with E-state index in [1.807, 2.05) is 36.0 Å². The van der Waals surface area contributed by atoms with Crippen LogP contribution in [0.5, 0.6) is 11.5 Å². The summed E-state index contributed by atoms with van der Waals surface area (Å²) in [5.74, 6) is 3.70. The molecule has 0 aromatic heterocycles. The third-order valence-corrected chi connectivity index (χ3v) is 3.53. The van der Waals surface area contributed by atoms with Gasteiger partial charge in [-0.2, -0.15) is 11.8 Å². The van der Waals surface area contributed by atoms with Crippen LogP contribution in [0.15, 0.2) is 24.3 Å². The second kappa shape index (κ2) is 8.25. The monoisotopic (exact) mass is 255 g/mol. The van der Waals surface area contributed by atoms with Gasteiger partial charge in [0, 0.05) is 17.5 Å². The highest BCUT2D eigenvalue weighted by Gasteiger charge is 1.99. The van der Waals surface area contributed by atoms with Crippen molar-refractivity contribution in [3.05, 3.63) is 24.3 Å². The fraction of sp³-hybridized carbons (Fsp3) is 0.538. The lowest BCUT2D eigenvalue weighted by atomic mass is 10.3. The Morgan fingerprint density at radius 3 is 2.47 bits per heavy atom. The third-order valence-electron chi connectivity index (χ3n) is 2.41. The maximum absolute atomic E-state index is 5.82. The highest BCUT2D eigenvalue weighted by molar-refractivity contribution is 7.99. The molecule has 1 unspecified atom stereocenters. The van der Waals surface area contributed by atoms with Gasteiger partial charge < -0.3 is 15.2 Å². The Morgan fingerprint density at radius 1 is 1.24 bits per heavy atom. The van der Waals surface area contributed by atoms with E-state index < -0.39 is 0 Å². The number of thioether (sulfide) groups is 1. The van der Waals surface area contributed by atoms with Gasteiger partial charge in [-0.1, -0.05) is 6.92 Å². The second-order valence-electron chi connectivity index (χ2n) is 3.77. The van der Waals surface area contributed by atoms with Gasteiger partial charge in [-0.05, 0) is 30.7 Å². The first-order valence-electron chi connectivity index (χ1n) is 5.86. The molecule has 2 N–H and O–H groups in total. The van der Waals surface area contributed by atoms with Crippen molar-refractivity contribution in [2.24, 2.45) is 5.73 Å². The summed E-state index contributed by atoms with van der Waals surface area (Å²) in [6, 6.07) is 7.94. The summed E-state index contributed by atoms with van der Waals surface area (Å²) in [7, 11) is 1.66. The van der Waals surface area contributed by atoms with Crippen LogP contribution in [0.1, 0.15) is 13.3 Å². The number of methoxy groups -OCH3 is 1. The van der Waals surface area contributed by atoms with Crippen molar-refractivity contribution in [2.45, 2.75) is 19.4 Å². The lowest BCUT2D eigenvalue weighted by molar-refractivity contribution is 0.342. The lowest BCUT2D eigenvalue weighted by Crippen LogP contribution is -2.21. The molecule has 17 heavy (non-hydrogen) atoms. The summed E-state index contributed by atoms with van der Waals surface area (Å²) >= 11 is 1.84. The normalized spacial score (nSPS) is 12.2. The van der Waals surface area contributed by atoms with Crippen molar-refractivity contribution in [1.29, 1.82) is 0 Å². The summed E-state index contributed by atoms with van der Waals surface area (Å²) in [4.78, 5) is 0. The minimum Gasteiger partial charge on any atom is -0.497 e. The average molecular weight is 255 g/mol. The molecule has 4 heteroatoms. The van der Waals surface area contributed by atoms with E-state index in [2.05, 4.69) is 6.92 Å². The molecule has 0 radical (unpaired) electrons. The minimum atomic E-state index is 0.306. The van der Waals surface area contributed by atoms with Crippen molar-refractivity contribution in [1.82, 2.24) is 0 Å². The molecule has 0 aliphatic heterocycles. The first kappa shape index (κ1) is 14.2. The van der Waals surface area contributed by atoms with Crippen molar-refractivity contribution < 1.29 is 9.47 Å². The Bertz CT molecular complexity index is 303. The summed E-state index contributed by atoms with van der Waals surface area (Å²) < 4.78 is 10.7.